The van der Waals surface area contributed by atoms with E-state index < -0.39 is 17.6 Å². The van der Waals surface area contributed by atoms with Gasteiger partial charge < -0.3 is 10.1 Å². The van der Waals surface area contributed by atoms with Crippen molar-refractivity contribution >= 4 is 34.7 Å². The first-order valence-corrected chi connectivity index (χ1v) is 9.77. The molecule has 0 radical (unpaired) electrons. The van der Waals surface area contributed by atoms with Crippen molar-refractivity contribution in [3.63, 3.8) is 0 Å². The number of amides is 2. The van der Waals surface area contributed by atoms with Gasteiger partial charge in [0, 0.05) is 30.5 Å². The van der Waals surface area contributed by atoms with E-state index in [0.717, 1.165) is 5.56 Å². The molecule has 0 atom stereocenters. The molecule has 1 N–H and O–H groups in total. The Kier molecular flexibility index (Phi) is 6.67. The van der Waals surface area contributed by atoms with E-state index in [0.29, 0.717) is 35.9 Å². The fourth-order valence-corrected chi connectivity index (χ4v) is 3.38. The molecule has 2 aromatic rings. The Morgan fingerprint density at radius 1 is 1.10 bits per heavy atom. The summed E-state index contributed by atoms with van der Waals surface area (Å²) in [7, 11) is 0. The molecule has 0 fully saturated rings. The number of hydrogen-bond acceptors (Lipinski definition) is 4. The van der Waals surface area contributed by atoms with Crippen LogP contribution in [-0.2, 0) is 14.3 Å². The van der Waals surface area contributed by atoms with Crippen LogP contribution in [0.3, 0.4) is 0 Å². The number of nitrogens with one attached hydrogen (secondary N) is 1. The molecule has 1 aliphatic heterocycles. The van der Waals surface area contributed by atoms with Crippen LogP contribution in [0.5, 0.6) is 0 Å². The first kappa shape index (κ1) is 21.0. The van der Waals surface area contributed by atoms with E-state index in [2.05, 4.69) is 5.32 Å². The summed E-state index contributed by atoms with van der Waals surface area (Å²) in [5.41, 5.74) is 2.37. The molecule has 2 aromatic carbocycles. The molecule has 29 heavy (non-hydrogen) atoms. The van der Waals surface area contributed by atoms with Crippen molar-refractivity contribution in [2.45, 2.75) is 20.3 Å². The Balaban J connectivity index is 1.96. The van der Waals surface area contributed by atoms with E-state index in [-0.39, 0.29) is 17.8 Å². The minimum Gasteiger partial charge on any atom is -0.382 e. The second kappa shape index (κ2) is 9.20. The molecule has 0 unspecified atom stereocenters. The van der Waals surface area contributed by atoms with Gasteiger partial charge in [-0.05, 0) is 61.7 Å². The highest BCUT2D eigenvalue weighted by Crippen LogP contribution is 2.32. The minimum atomic E-state index is -0.417. The van der Waals surface area contributed by atoms with E-state index >= 15 is 0 Å². The molecule has 0 bridgehead atoms. The van der Waals surface area contributed by atoms with E-state index in [1.165, 1.54) is 29.2 Å². The van der Waals surface area contributed by atoms with Crippen LogP contribution < -0.4 is 5.32 Å². The van der Waals surface area contributed by atoms with Gasteiger partial charge in [0.05, 0.1) is 5.57 Å². The summed E-state index contributed by atoms with van der Waals surface area (Å²) in [6.45, 7) is 5.01. The fourth-order valence-electron chi connectivity index (χ4n) is 3.15. The van der Waals surface area contributed by atoms with Crippen LogP contribution in [-0.4, -0.2) is 36.5 Å². The topological polar surface area (TPSA) is 58.6 Å². The Bertz CT molecular complexity index is 957. The number of carbonyl (C=O) groups is 2. The highest BCUT2D eigenvalue weighted by atomic mass is 35.5. The van der Waals surface area contributed by atoms with Gasteiger partial charge in [-0.25, -0.2) is 4.39 Å². The molecule has 1 aliphatic rings. The molecular formula is C22H22ClFN2O3. The predicted octanol–water partition coefficient (Wildman–Crippen LogP) is 4.41. The van der Waals surface area contributed by atoms with Gasteiger partial charge >= 0.3 is 0 Å². The number of aryl methyl sites for hydroxylation is 1. The third-order valence-corrected chi connectivity index (χ3v) is 4.86. The number of hydrogen-bond donors (Lipinski definition) is 1. The van der Waals surface area contributed by atoms with Gasteiger partial charge in [0.15, 0.2) is 0 Å². The predicted molar refractivity (Wildman–Crippen MR) is 111 cm³/mol. The standard InChI is InChI=1S/C22H22ClFN2O3/c1-3-29-12-4-11-26-21(27)19(15-5-8-17(24)9-6-15)20(22(26)28)25-18-10-7-16(23)13-14(18)2/h5-10,13,25H,3-4,11-12H2,1-2H3. The van der Waals surface area contributed by atoms with Crippen molar-refractivity contribution in [3.8, 4) is 0 Å². The van der Waals surface area contributed by atoms with Gasteiger partial charge in [-0.3, -0.25) is 14.5 Å². The van der Waals surface area contributed by atoms with Gasteiger partial charge in [-0.15, -0.1) is 0 Å². The van der Waals surface area contributed by atoms with E-state index in [9.17, 15) is 14.0 Å². The van der Waals surface area contributed by atoms with Crippen LogP contribution in [0, 0.1) is 12.7 Å². The molecule has 0 saturated heterocycles. The van der Waals surface area contributed by atoms with Crippen molar-refractivity contribution in [1.82, 2.24) is 4.90 Å². The zero-order valence-corrected chi connectivity index (χ0v) is 17.1. The number of carbonyl (C=O) groups excluding carboxylic acids is 2. The van der Waals surface area contributed by atoms with Crippen LogP contribution in [0.15, 0.2) is 48.2 Å². The molecule has 0 aromatic heterocycles. The number of ether oxygens (including phenoxy) is 1. The summed E-state index contributed by atoms with van der Waals surface area (Å²) in [5, 5.41) is 3.67. The molecule has 152 valence electrons. The third kappa shape index (κ3) is 4.66. The van der Waals surface area contributed by atoms with Gasteiger partial charge in [0.25, 0.3) is 11.8 Å². The number of benzene rings is 2. The van der Waals surface area contributed by atoms with Gasteiger partial charge in [-0.1, -0.05) is 23.7 Å². The Labute approximate surface area is 174 Å². The summed E-state index contributed by atoms with van der Waals surface area (Å²) in [6, 6.07) is 10.7. The number of rotatable bonds is 8. The summed E-state index contributed by atoms with van der Waals surface area (Å²) >= 11 is 6.01. The van der Waals surface area contributed by atoms with Crippen LogP contribution in [0.1, 0.15) is 24.5 Å². The Morgan fingerprint density at radius 3 is 2.48 bits per heavy atom. The zero-order chi connectivity index (χ0) is 21.0. The SMILES string of the molecule is CCOCCCN1C(=O)C(Nc2ccc(Cl)cc2C)=C(c2ccc(F)cc2)C1=O. The van der Waals surface area contributed by atoms with E-state index in [1.54, 1.807) is 18.2 Å². The van der Waals surface area contributed by atoms with Crippen molar-refractivity contribution < 1.29 is 18.7 Å². The Morgan fingerprint density at radius 2 is 1.83 bits per heavy atom. The summed E-state index contributed by atoms with van der Waals surface area (Å²) in [6.07, 6.45) is 0.537. The quantitative estimate of drug-likeness (QED) is 0.511. The molecule has 5 nitrogen and oxygen atoms in total. The van der Waals surface area contributed by atoms with Crippen LogP contribution in [0.25, 0.3) is 5.57 Å². The van der Waals surface area contributed by atoms with Crippen molar-refractivity contribution in [2.75, 3.05) is 25.1 Å². The molecule has 0 saturated carbocycles. The highest BCUT2D eigenvalue weighted by molar-refractivity contribution is 6.36. The number of halogens is 2. The van der Waals surface area contributed by atoms with Crippen molar-refractivity contribution in [2.24, 2.45) is 0 Å². The average molecular weight is 417 g/mol. The second-order valence-electron chi connectivity index (χ2n) is 6.65. The number of anilines is 1. The molecule has 0 aliphatic carbocycles. The van der Waals surface area contributed by atoms with Crippen LogP contribution in [0.2, 0.25) is 5.02 Å². The second-order valence-corrected chi connectivity index (χ2v) is 7.09. The van der Waals surface area contributed by atoms with Gasteiger partial charge in [-0.2, -0.15) is 0 Å². The first-order chi connectivity index (χ1) is 13.9. The van der Waals surface area contributed by atoms with E-state index in [4.69, 9.17) is 16.3 Å². The zero-order valence-electron chi connectivity index (χ0n) is 16.3. The lowest BCUT2D eigenvalue weighted by Crippen LogP contribution is -2.34. The number of nitrogens with zero attached hydrogens (tertiary/aromatic N) is 1. The van der Waals surface area contributed by atoms with Crippen molar-refractivity contribution in [3.05, 3.63) is 70.1 Å². The van der Waals surface area contributed by atoms with Gasteiger partial charge in [0.1, 0.15) is 11.5 Å². The Hall–Kier alpha value is -2.70. The van der Waals surface area contributed by atoms with Crippen molar-refractivity contribution in [1.29, 1.82) is 0 Å². The fraction of sp³-hybridized carbons (Fsp3) is 0.273. The highest BCUT2D eigenvalue weighted by Gasteiger charge is 2.39. The lowest BCUT2D eigenvalue weighted by Gasteiger charge is -2.15. The summed E-state index contributed by atoms with van der Waals surface area (Å²) < 4.78 is 18.7. The maximum atomic E-state index is 13.4. The van der Waals surface area contributed by atoms with Crippen LogP contribution >= 0.6 is 11.6 Å². The first-order valence-electron chi connectivity index (χ1n) is 9.39. The molecular weight excluding hydrogens is 395 g/mol. The lowest BCUT2D eigenvalue weighted by atomic mass is 10.0. The summed E-state index contributed by atoms with van der Waals surface area (Å²) in [4.78, 5) is 27.3. The molecule has 3 rings (SSSR count). The minimum absolute atomic E-state index is 0.170. The average Bonchev–Trinajstić information content (AvgIpc) is 2.92. The van der Waals surface area contributed by atoms with Crippen LogP contribution in [0.4, 0.5) is 10.1 Å². The molecule has 1 heterocycles. The van der Waals surface area contributed by atoms with E-state index in [1.807, 2.05) is 13.8 Å². The molecule has 0 spiro atoms. The third-order valence-electron chi connectivity index (χ3n) is 4.62. The van der Waals surface area contributed by atoms with Gasteiger partial charge in [0.2, 0.25) is 0 Å². The maximum absolute atomic E-state index is 13.4. The molecule has 7 heteroatoms. The summed E-state index contributed by atoms with van der Waals surface area (Å²) in [5.74, 6) is -1.24. The normalized spacial score (nSPS) is 14.1. The molecule has 2 amide bonds. The number of imide groups is 1. The largest absolute Gasteiger partial charge is 0.382 e. The maximum Gasteiger partial charge on any atom is 0.278 e. The smallest absolute Gasteiger partial charge is 0.278 e. The monoisotopic (exact) mass is 416 g/mol. The lowest BCUT2D eigenvalue weighted by molar-refractivity contribution is -0.137.